The standard InChI is InChI=1S/C18H12N4O/c23-17(13-7-3-1-4-8-13)15-16-18(20-11-19-15)22(12-21-16)14-9-5-2-6-10-14/h1-12H. The molecule has 5 nitrogen and oxygen atoms in total. The largest absolute Gasteiger partial charge is 0.287 e. The number of carbonyl (C=O) groups is 1. The first-order chi connectivity index (χ1) is 11.3. The molecule has 0 aliphatic carbocycles. The predicted octanol–water partition coefficient (Wildman–Crippen LogP) is 3.05. The van der Waals surface area contributed by atoms with Gasteiger partial charge in [0.15, 0.2) is 5.65 Å². The highest BCUT2D eigenvalue weighted by atomic mass is 16.1. The van der Waals surface area contributed by atoms with Crippen LogP contribution in [0.15, 0.2) is 73.3 Å². The lowest BCUT2D eigenvalue weighted by Gasteiger charge is -2.04. The Hall–Kier alpha value is -3.34. The highest BCUT2D eigenvalue weighted by Gasteiger charge is 2.18. The molecule has 0 aliphatic heterocycles. The van der Waals surface area contributed by atoms with E-state index < -0.39 is 0 Å². The maximum absolute atomic E-state index is 12.7. The third-order valence-electron chi connectivity index (χ3n) is 3.62. The lowest BCUT2D eigenvalue weighted by molar-refractivity contribution is 0.103. The van der Waals surface area contributed by atoms with Crippen molar-refractivity contribution < 1.29 is 4.79 Å². The van der Waals surface area contributed by atoms with Gasteiger partial charge in [-0.15, -0.1) is 0 Å². The van der Waals surface area contributed by atoms with Gasteiger partial charge in [-0.2, -0.15) is 0 Å². The molecule has 4 aromatic rings. The number of benzene rings is 2. The second-order valence-electron chi connectivity index (χ2n) is 5.04. The molecular weight excluding hydrogens is 288 g/mol. The van der Waals surface area contributed by atoms with Crippen LogP contribution in [0, 0.1) is 0 Å². The molecule has 4 rings (SSSR count). The SMILES string of the molecule is O=C(c1ccccc1)c1ncnc2c1ncn2-c1ccccc1. The van der Waals surface area contributed by atoms with Gasteiger partial charge >= 0.3 is 0 Å². The van der Waals surface area contributed by atoms with Crippen LogP contribution in [0.5, 0.6) is 0 Å². The van der Waals surface area contributed by atoms with E-state index in [0.29, 0.717) is 22.4 Å². The smallest absolute Gasteiger partial charge is 0.213 e. The van der Waals surface area contributed by atoms with E-state index in [1.807, 2.05) is 53.1 Å². The average Bonchev–Trinajstić information content (AvgIpc) is 3.07. The Morgan fingerprint density at radius 1 is 0.826 bits per heavy atom. The summed E-state index contributed by atoms with van der Waals surface area (Å²) in [5.41, 5.74) is 2.96. The van der Waals surface area contributed by atoms with Crippen molar-refractivity contribution in [2.24, 2.45) is 0 Å². The van der Waals surface area contributed by atoms with Gasteiger partial charge in [0.05, 0.1) is 0 Å². The average molecular weight is 300 g/mol. The van der Waals surface area contributed by atoms with E-state index in [2.05, 4.69) is 15.0 Å². The first-order valence-electron chi connectivity index (χ1n) is 7.18. The molecule has 2 heterocycles. The number of carbonyl (C=O) groups excluding carboxylic acids is 1. The minimum absolute atomic E-state index is 0.156. The van der Waals surface area contributed by atoms with Gasteiger partial charge in [-0.05, 0) is 12.1 Å². The number of hydrogen-bond donors (Lipinski definition) is 0. The Bertz CT molecular complexity index is 978. The molecule has 0 atom stereocenters. The van der Waals surface area contributed by atoms with Crippen LogP contribution in [0.2, 0.25) is 0 Å². The summed E-state index contributed by atoms with van der Waals surface area (Å²) in [6, 6.07) is 18.8. The van der Waals surface area contributed by atoms with E-state index >= 15 is 0 Å². The van der Waals surface area contributed by atoms with Gasteiger partial charge in [0.25, 0.3) is 0 Å². The predicted molar refractivity (Wildman–Crippen MR) is 86.5 cm³/mol. The lowest BCUT2D eigenvalue weighted by atomic mass is 10.1. The van der Waals surface area contributed by atoms with E-state index in [0.717, 1.165) is 5.69 Å². The number of rotatable bonds is 3. The molecule has 0 amide bonds. The van der Waals surface area contributed by atoms with Crippen molar-refractivity contribution in [3.05, 3.63) is 84.6 Å². The Balaban J connectivity index is 1.87. The summed E-state index contributed by atoms with van der Waals surface area (Å²) in [7, 11) is 0. The van der Waals surface area contributed by atoms with Crippen molar-refractivity contribution >= 4 is 16.9 Å². The van der Waals surface area contributed by atoms with E-state index in [1.165, 1.54) is 6.33 Å². The molecule has 0 aliphatic rings. The Morgan fingerprint density at radius 3 is 2.26 bits per heavy atom. The maximum atomic E-state index is 12.7. The molecule has 2 aromatic heterocycles. The number of ketones is 1. The number of fused-ring (bicyclic) bond motifs is 1. The molecule has 5 heteroatoms. The third-order valence-corrected chi connectivity index (χ3v) is 3.62. The van der Waals surface area contributed by atoms with Crippen LogP contribution in [0.1, 0.15) is 16.1 Å². The molecular formula is C18H12N4O. The Labute approximate surface area is 132 Å². The highest BCUT2D eigenvalue weighted by Crippen LogP contribution is 2.19. The van der Waals surface area contributed by atoms with Gasteiger partial charge in [-0.1, -0.05) is 48.5 Å². The third kappa shape index (κ3) is 2.28. The number of nitrogens with zero attached hydrogens (tertiary/aromatic N) is 4. The van der Waals surface area contributed by atoms with Crippen LogP contribution in [0.25, 0.3) is 16.9 Å². The van der Waals surface area contributed by atoms with Crippen LogP contribution >= 0.6 is 0 Å². The van der Waals surface area contributed by atoms with Crippen molar-refractivity contribution in [1.29, 1.82) is 0 Å². The van der Waals surface area contributed by atoms with E-state index in [4.69, 9.17) is 0 Å². The van der Waals surface area contributed by atoms with Crippen LogP contribution in [-0.4, -0.2) is 25.3 Å². The second-order valence-corrected chi connectivity index (χ2v) is 5.04. The number of imidazole rings is 1. The lowest BCUT2D eigenvalue weighted by Crippen LogP contribution is -2.06. The maximum Gasteiger partial charge on any atom is 0.213 e. The summed E-state index contributed by atoms with van der Waals surface area (Å²) in [5.74, 6) is -0.156. The zero-order chi connectivity index (χ0) is 15.6. The first-order valence-corrected chi connectivity index (χ1v) is 7.18. The Morgan fingerprint density at radius 2 is 1.52 bits per heavy atom. The van der Waals surface area contributed by atoms with Gasteiger partial charge in [-0.3, -0.25) is 9.36 Å². The quantitative estimate of drug-likeness (QED) is 0.546. The molecule has 0 N–H and O–H groups in total. The van der Waals surface area contributed by atoms with Crippen molar-refractivity contribution in [2.75, 3.05) is 0 Å². The fourth-order valence-electron chi connectivity index (χ4n) is 2.50. The number of para-hydroxylation sites is 1. The minimum Gasteiger partial charge on any atom is -0.287 e. The van der Waals surface area contributed by atoms with Gasteiger partial charge in [0, 0.05) is 11.3 Å². The summed E-state index contributed by atoms with van der Waals surface area (Å²) in [6.45, 7) is 0. The molecule has 0 saturated heterocycles. The van der Waals surface area contributed by atoms with Gasteiger partial charge in [0.2, 0.25) is 5.78 Å². The molecule has 0 bridgehead atoms. The van der Waals surface area contributed by atoms with Crippen LogP contribution in [0.4, 0.5) is 0 Å². The molecule has 0 saturated carbocycles. The highest BCUT2D eigenvalue weighted by molar-refractivity contribution is 6.13. The number of hydrogen-bond acceptors (Lipinski definition) is 4. The summed E-state index contributed by atoms with van der Waals surface area (Å²) >= 11 is 0. The van der Waals surface area contributed by atoms with E-state index in [1.54, 1.807) is 18.5 Å². The van der Waals surface area contributed by atoms with Crippen LogP contribution in [-0.2, 0) is 0 Å². The van der Waals surface area contributed by atoms with Gasteiger partial charge in [0.1, 0.15) is 23.9 Å². The minimum atomic E-state index is -0.156. The fourth-order valence-corrected chi connectivity index (χ4v) is 2.50. The van der Waals surface area contributed by atoms with Crippen molar-refractivity contribution in [3.63, 3.8) is 0 Å². The second kappa shape index (κ2) is 5.46. The van der Waals surface area contributed by atoms with Crippen molar-refractivity contribution in [3.8, 4) is 5.69 Å². The molecule has 0 unspecified atom stereocenters. The molecule has 110 valence electrons. The first kappa shape index (κ1) is 13.3. The fraction of sp³-hybridized carbons (Fsp3) is 0. The normalized spacial score (nSPS) is 10.8. The molecule has 23 heavy (non-hydrogen) atoms. The van der Waals surface area contributed by atoms with Crippen LogP contribution in [0.3, 0.4) is 0 Å². The van der Waals surface area contributed by atoms with Crippen molar-refractivity contribution in [2.45, 2.75) is 0 Å². The summed E-state index contributed by atoms with van der Waals surface area (Å²) in [5, 5.41) is 0. The summed E-state index contributed by atoms with van der Waals surface area (Å²) in [6.07, 6.45) is 3.07. The summed E-state index contributed by atoms with van der Waals surface area (Å²) < 4.78 is 1.85. The number of aromatic nitrogens is 4. The molecule has 0 fully saturated rings. The summed E-state index contributed by atoms with van der Waals surface area (Å²) in [4.78, 5) is 25.5. The topological polar surface area (TPSA) is 60.7 Å². The molecule has 2 aromatic carbocycles. The van der Waals surface area contributed by atoms with E-state index in [-0.39, 0.29) is 5.78 Å². The van der Waals surface area contributed by atoms with Gasteiger partial charge < -0.3 is 0 Å². The van der Waals surface area contributed by atoms with Crippen LogP contribution < -0.4 is 0 Å². The van der Waals surface area contributed by atoms with Crippen molar-refractivity contribution in [1.82, 2.24) is 19.5 Å². The van der Waals surface area contributed by atoms with Gasteiger partial charge in [-0.25, -0.2) is 15.0 Å². The molecule has 0 radical (unpaired) electrons. The molecule has 0 spiro atoms. The monoisotopic (exact) mass is 300 g/mol. The Kier molecular flexibility index (Phi) is 3.16. The zero-order valence-electron chi connectivity index (χ0n) is 12.1. The zero-order valence-corrected chi connectivity index (χ0v) is 12.1. The van der Waals surface area contributed by atoms with E-state index in [9.17, 15) is 4.79 Å².